The molecule has 0 aliphatic carbocycles. The average Bonchev–Trinajstić information content (AvgIpc) is 2.46. The maximum atomic E-state index is 6.52. The molecule has 0 bridgehead atoms. The van der Waals surface area contributed by atoms with Crippen LogP contribution in [0.1, 0.15) is 55.5 Å². The number of aryl methyl sites for hydroxylation is 1. The lowest BCUT2D eigenvalue weighted by atomic mass is 9.99. The topological polar surface area (TPSA) is 9.23 Å². The zero-order chi connectivity index (χ0) is 12.8. The van der Waals surface area contributed by atoms with E-state index in [1.807, 2.05) is 0 Å². The summed E-state index contributed by atoms with van der Waals surface area (Å²) in [5.41, 5.74) is 2.61. The highest BCUT2D eigenvalue weighted by atomic mass is 35.5. The van der Waals surface area contributed by atoms with Crippen molar-refractivity contribution < 1.29 is 4.74 Å². The number of halogens is 1. The fourth-order valence-electron chi connectivity index (χ4n) is 2.46. The Balaban J connectivity index is 1.95. The first-order valence-electron chi connectivity index (χ1n) is 7.15. The van der Waals surface area contributed by atoms with Gasteiger partial charge in [-0.2, -0.15) is 0 Å². The molecular formula is C16H23ClO. The molecule has 0 spiro atoms. The third-order valence-corrected chi connectivity index (χ3v) is 4.19. The van der Waals surface area contributed by atoms with Crippen LogP contribution < -0.4 is 0 Å². The minimum atomic E-state index is 0.00512. The van der Waals surface area contributed by atoms with Gasteiger partial charge in [-0.1, -0.05) is 37.6 Å². The van der Waals surface area contributed by atoms with Crippen LogP contribution >= 0.6 is 11.6 Å². The molecule has 100 valence electrons. The van der Waals surface area contributed by atoms with Gasteiger partial charge in [-0.05, 0) is 43.2 Å². The van der Waals surface area contributed by atoms with Crippen molar-refractivity contribution in [1.82, 2.24) is 0 Å². The highest BCUT2D eigenvalue weighted by molar-refractivity contribution is 6.21. The molecule has 0 radical (unpaired) electrons. The molecular weight excluding hydrogens is 244 g/mol. The fourth-order valence-corrected chi connectivity index (χ4v) is 2.80. The monoisotopic (exact) mass is 266 g/mol. The Kier molecular flexibility index (Phi) is 5.52. The molecule has 18 heavy (non-hydrogen) atoms. The van der Waals surface area contributed by atoms with Gasteiger partial charge in [0.25, 0.3) is 0 Å². The maximum absolute atomic E-state index is 6.52. The minimum absolute atomic E-state index is 0.00512. The van der Waals surface area contributed by atoms with E-state index in [9.17, 15) is 0 Å². The quantitative estimate of drug-likeness (QED) is 0.691. The molecule has 1 fully saturated rings. The Hall–Kier alpha value is -0.530. The Morgan fingerprint density at radius 3 is 2.67 bits per heavy atom. The van der Waals surface area contributed by atoms with Crippen molar-refractivity contribution in [3.8, 4) is 0 Å². The summed E-state index contributed by atoms with van der Waals surface area (Å²) in [5, 5.41) is 0.00512. The molecule has 2 unspecified atom stereocenters. The fraction of sp³-hybridized carbons (Fsp3) is 0.625. The second-order valence-corrected chi connectivity index (χ2v) is 5.62. The second kappa shape index (κ2) is 7.16. The Labute approximate surface area is 115 Å². The predicted molar refractivity (Wildman–Crippen MR) is 77.2 cm³/mol. The van der Waals surface area contributed by atoms with Gasteiger partial charge < -0.3 is 4.74 Å². The Morgan fingerprint density at radius 1 is 1.28 bits per heavy atom. The lowest BCUT2D eigenvalue weighted by Crippen LogP contribution is -2.23. The normalized spacial score (nSPS) is 21.8. The van der Waals surface area contributed by atoms with Gasteiger partial charge in [0.2, 0.25) is 0 Å². The first kappa shape index (κ1) is 13.9. The van der Waals surface area contributed by atoms with E-state index in [2.05, 4.69) is 31.2 Å². The lowest BCUT2D eigenvalue weighted by Gasteiger charge is -2.27. The largest absolute Gasteiger partial charge is 0.376 e. The highest BCUT2D eigenvalue weighted by Gasteiger charge is 2.23. The van der Waals surface area contributed by atoms with Crippen molar-refractivity contribution in [3.63, 3.8) is 0 Å². The summed E-state index contributed by atoms with van der Waals surface area (Å²) < 4.78 is 5.76. The smallest absolute Gasteiger partial charge is 0.0847 e. The van der Waals surface area contributed by atoms with E-state index in [1.54, 1.807) is 0 Å². The van der Waals surface area contributed by atoms with Gasteiger partial charge >= 0.3 is 0 Å². The van der Waals surface area contributed by atoms with E-state index in [0.29, 0.717) is 0 Å². The van der Waals surface area contributed by atoms with Crippen LogP contribution in [0.25, 0.3) is 0 Å². The van der Waals surface area contributed by atoms with Crippen LogP contribution in [0.2, 0.25) is 0 Å². The van der Waals surface area contributed by atoms with Crippen LogP contribution in [0.4, 0.5) is 0 Å². The first-order chi connectivity index (χ1) is 8.81. The van der Waals surface area contributed by atoms with Crippen molar-refractivity contribution >= 4 is 11.6 Å². The molecule has 1 aromatic rings. The third kappa shape index (κ3) is 3.73. The summed E-state index contributed by atoms with van der Waals surface area (Å²) in [6, 6.07) is 8.76. The van der Waals surface area contributed by atoms with Gasteiger partial charge in [0.15, 0.2) is 0 Å². The van der Waals surface area contributed by atoms with Crippen molar-refractivity contribution in [1.29, 1.82) is 0 Å². The number of alkyl halides is 1. The molecule has 0 aromatic heterocycles. The molecule has 1 aliphatic heterocycles. The zero-order valence-corrected chi connectivity index (χ0v) is 12.0. The highest BCUT2D eigenvalue weighted by Crippen LogP contribution is 2.31. The van der Waals surface area contributed by atoms with E-state index in [0.717, 1.165) is 13.0 Å². The van der Waals surface area contributed by atoms with Crippen LogP contribution in [0, 0.1) is 0 Å². The van der Waals surface area contributed by atoms with Gasteiger partial charge in [-0.15, -0.1) is 11.6 Å². The Morgan fingerprint density at radius 2 is 2.06 bits per heavy atom. The maximum Gasteiger partial charge on any atom is 0.0847 e. The summed E-state index contributed by atoms with van der Waals surface area (Å²) >= 11 is 6.52. The van der Waals surface area contributed by atoms with E-state index in [4.69, 9.17) is 16.3 Å². The predicted octanol–water partition coefficient (Wildman–Crippen LogP) is 4.88. The number of hydrogen-bond donors (Lipinski definition) is 0. The van der Waals surface area contributed by atoms with E-state index < -0.39 is 0 Å². The van der Waals surface area contributed by atoms with E-state index >= 15 is 0 Å². The van der Waals surface area contributed by atoms with Crippen molar-refractivity contribution in [3.05, 3.63) is 35.4 Å². The SMILES string of the molecule is CCCCc1ccc(C(Cl)C2CCCCO2)cc1. The number of unbranched alkanes of at least 4 members (excludes halogenated alkanes) is 1. The summed E-state index contributed by atoms with van der Waals surface area (Å²) in [5.74, 6) is 0. The molecule has 2 heteroatoms. The first-order valence-corrected chi connectivity index (χ1v) is 7.59. The number of rotatable bonds is 5. The molecule has 2 atom stereocenters. The molecule has 1 aromatic carbocycles. The molecule has 0 saturated carbocycles. The van der Waals surface area contributed by atoms with E-state index in [1.165, 1.54) is 43.2 Å². The van der Waals surface area contributed by atoms with Gasteiger partial charge in [0, 0.05) is 6.61 Å². The van der Waals surface area contributed by atoms with Crippen molar-refractivity contribution in [2.75, 3.05) is 6.61 Å². The number of benzene rings is 1. The van der Waals surface area contributed by atoms with Crippen molar-refractivity contribution in [2.24, 2.45) is 0 Å². The molecule has 2 rings (SSSR count). The van der Waals surface area contributed by atoms with Crippen LogP contribution in [0.15, 0.2) is 24.3 Å². The van der Waals surface area contributed by atoms with Crippen molar-refractivity contribution in [2.45, 2.75) is 56.9 Å². The molecule has 1 saturated heterocycles. The minimum Gasteiger partial charge on any atom is -0.376 e. The summed E-state index contributed by atoms with van der Waals surface area (Å²) in [7, 11) is 0. The van der Waals surface area contributed by atoms with Crippen LogP contribution in [-0.2, 0) is 11.2 Å². The van der Waals surface area contributed by atoms with Crippen LogP contribution in [0.3, 0.4) is 0 Å². The third-order valence-electron chi connectivity index (χ3n) is 3.66. The lowest BCUT2D eigenvalue weighted by molar-refractivity contribution is 0.0136. The molecule has 0 amide bonds. The Bertz CT molecular complexity index is 341. The zero-order valence-electron chi connectivity index (χ0n) is 11.2. The summed E-state index contributed by atoms with van der Waals surface area (Å²) in [4.78, 5) is 0. The number of hydrogen-bond acceptors (Lipinski definition) is 1. The molecule has 1 heterocycles. The average molecular weight is 267 g/mol. The van der Waals surface area contributed by atoms with Gasteiger partial charge in [0.05, 0.1) is 11.5 Å². The van der Waals surface area contributed by atoms with Crippen LogP contribution in [0.5, 0.6) is 0 Å². The molecule has 0 N–H and O–H groups in total. The van der Waals surface area contributed by atoms with Gasteiger partial charge in [0.1, 0.15) is 0 Å². The molecule has 1 aliphatic rings. The molecule has 1 nitrogen and oxygen atoms in total. The summed E-state index contributed by atoms with van der Waals surface area (Å²) in [6.07, 6.45) is 7.38. The van der Waals surface area contributed by atoms with Crippen LogP contribution in [-0.4, -0.2) is 12.7 Å². The van der Waals surface area contributed by atoms with Gasteiger partial charge in [-0.25, -0.2) is 0 Å². The summed E-state index contributed by atoms with van der Waals surface area (Å²) in [6.45, 7) is 3.09. The standard InChI is InChI=1S/C16H23ClO/c1-2-3-6-13-8-10-14(11-9-13)16(17)15-7-4-5-12-18-15/h8-11,15-16H,2-7,12H2,1H3. The van der Waals surface area contributed by atoms with Gasteiger partial charge in [-0.3, -0.25) is 0 Å². The number of ether oxygens (including phenoxy) is 1. The second-order valence-electron chi connectivity index (χ2n) is 5.15. The van der Waals surface area contributed by atoms with E-state index in [-0.39, 0.29) is 11.5 Å².